The van der Waals surface area contributed by atoms with Gasteiger partial charge in [0.25, 0.3) is 11.9 Å². The molecule has 0 rings (SSSR count). The largest absolute Gasteiger partial charge is 0.481 e. The smallest absolute Gasteiger partial charge is 0.280 e. The maximum absolute atomic E-state index is 10.4. The van der Waals surface area contributed by atoms with Gasteiger partial charge in [0.2, 0.25) is 0 Å². The van der Waals surface area contributed by atoms with Crippen LogP contribution in [0.3, 0.4) is 0 Å². The van der Waals surface area contributed by atoms with E-state index < -0.39 is 11.2 Å². The van der Waals surface area contributed by atoms with E-state index in [2.05, 4.69) is 0 Å². The molecule has 0 aromatic rings. The Morgan fingerprint density at radius 3 is 1.09 bits per heavy atom. The molecule has 0 amide bonds. The molecule has 0 bridgehead atoms. The molecule has 7 heteroatoms. The first kappa shape index (κ1) is 26.4. The summed E-state index contributed by atoms with van der Waals surface area (Å²) in [5.74, 6) is -1.12. The number of carbonyl (C=O) groups excluding carboxylic acids is 2. The van der Waals surface area contributed by atoms with Gasteiger partial charge in [0, 0.05) is 17.1 Å². The Hall–Kier alpha value is -1.46. The van der Waals surface area contributed by atoms with Crippen LogP contribution in [-0.2, 0) is 36.1 Å². The summed E-state index contributed by atoms with van der Waals surface area (Å²) in [5.41, 5.74) is -0.925. The SMILES string of the molecule is CC(=O)/C=C(\O)OC(C)(C)C.CC(=O)/C=C(\O)OC(C)(C)C.[Cu]. The summed E-state index contributed by atoms with van der Waals surface area (Å²) < 4.78 is 9.89. The van der Waals surface area contributed by atoms with Crippen molar-refractivity contribution in [2.75, 3.05) is 0 Å². The molecule has 0 aromatic carbocycles. The van der Waals surface area contributed by atoms with Crippen LogP contribution in [0.15, 0.2) is 24.0 Å². The normalized spacial score (nSPS) is 12.3. The summed E-state index contributed by atoms with van der Waals surface area (Å²) in [6, 6.07) is 0. The van der Waals surface area contributed by atoms with E-state index in [1.165, 1.54) is 13.8 Å². The number of hydrogen-bond donors (Lipinski definition) is 2. The predicted octanol–water partition coefficient (Wildman–Crippen LogP) is 3.58. The van der Waals surface area contributed by atoms with Crippen LogP contribution in [0.1, 0.15) is 55.4 Å². The van der Waals surface area contributed by atoms with Gasteiger partial charge >= 0.3 is 0 Å². The quantitative estimate of drug-likeness (QED) is 0.440. The molecular weight excluding hydrogens is 352 g/mol. The Morgan fingerprint density at radius 2 is 0.957 bits per heavy atom. The van der Waals surface area contributed by atoms with E-state index in [1.54, 1.807) is 41.5 Å². The first-order chi connectivity index (χ1) is 9.62. The summed E-state index contributed by atoms with van der Waals surface area (Å²) in [7, 11) is 0. The molecule has 0 saturated heterocycles. The molecule has 0 aliphatic carbocycles. The number of ether oxygens (including phenoxy) is 2. The zero-order valence-corrected chi connectivity index (χ0v) is 15.9. The van der Waals surface area contributed by atoms with E-state index >= 15 is 0 Å². The Morgan fingerprint density at radius 1 is 0.739 bits per heavy atom. The summed E-state index contributed by atoms with van der Waals surface area (Å²) in [5, 5.41) is 17.9. The van der Waals surface area contributed by atoms with Gasteiger partial charge in [-0.05, 0) is 55.4 Å². The van der Waals surface area contributed by atoms with Crippen molar-refractivity contribution in [2.24, 2.45) is 0 Å². The zero-order valence-electron chi connectivity index (χ0n) is 15.0. The van der Waals surface area contributed by atoms with Crippen LogP contribution in [0, 0.1) is 0 Å². The molecule has 0 unspecified atom stereocenters. The first-order valence-corrected chi connectivity index (χ1v) is 6.83. The number of aliphatic hydroxyl groups excluding tert-OH is 2. The van der Waals surface area contributed by atoms with E-state index in [-0.39, 0.29) is 40.5 Å². The van der Waals surface area contributed by atoms with E-state index in [0.717, 1.165) is 12.2 Å². The van der Waals surface area contributed by atoms with Gasteiger partial charge in [-0.25, -0.2) is 0 Å². The second-order valence-electron chi connectivity index (χ2n) is 6.62. The van der Waals surface area contributed by atoms with Gasteiger partial charge in [0.1, 0.15) is 11.2 Å². The van der Waals surface area contributed by atoms with E-state index in [1.807, 2.05) is 0 Å². The molecule has 0 atom stereocenters. The van der Waals surface area contributed by atoms with E-state index in [9.17, 15) is 9.59 Å². The average Bonchev–Trinajstić information content (AvgIpc) is 2.07. The van der Waals surface area contributed by atoms with Crippen molar-refractivity contribution in [2.45, 2.75) is 66.6 Å². The van der Waals surface area contributed by atoms with Crippen LogP contribution in [-0.4, -0.2) is 33.0 Å². The Balaban J connectivity index is -0.000000333. The molecule has 6 nitrogen and oxygen atoms in total. The molecule has 0 spiro atoms. The van der Waals surface area contributed by atoms with Crippen molar-refractivity contribution in [3.05, 3.63) is 24.0 Å². The molecule has 0 aromatic heterocycles. The van der Waals surface area contributed by atoms with Crippen molar-refractivity contribution in [1.29, 1.82) is 0 Å². The third-order valence-electron chi connectivity index (χ3n) is 1.47. The minimum absolute atomic E-state index is 0. The fourth-order valence-electron chi connectivity index (χ4n) is 1.03. The van der Waals surface area contributed by atoms with Gasteiger partial charge in [-0.3, -0.25) is 9.59 Å². The average molecular weight is 380 g/mol. The maximum atomic E-state index is 10.4. The van der Waals surface area contributed by atoms with Crippen LogP contribution < -0.4 is 0 Å². The van der Waals surface area contributed by atoms with Gasteiger partial charge in [0.05, 0.1) is 12.2 Å². The van der Waals surface area contributed by atoms with Crippen molar-refractivity contribution in [1.82, 2.24) is 0 Å². The summed E-state index contributed by atoms with van der Waals surface area (Å²) >= 11 is 0. The number of carbonyl (C=O) groups is 2. The number of ketones is 2. The van der Waals surface area contributed by atoms with Crippen molar-refractivity contribution in [3.63, 3.8) is 0 Å². The monoisotopic (exact) mass is 379 g/mol. The Kier molecular flexibility index (Phi) is 12.8. The van der Waals surface area contributed by atoms with Crippen molar-refractivity contribution >= 4 is 11.6 Å². The standard InChI is InChI=1S/2C8H14O3.Cu/c2*1-6(9)5-7(10)11-8(2,3)4;/h2*5,10H,1-4H3;/b2*7-5+;. The predicted molar refractivity (Wildman–Crippen MR) is 84.5 cm³/mol. The van der Waals surface area contributed by atoms with Gasteiger partial charge in [-0.2, -0.15) is 0 Å². The van der Waals surface area contributed by atoms with E-state index in [4.69, 9.17) is 19.7 Å². The van der Waals surface area contributed by atoms with Crippen LogP contribution in [0.2, 0.25) is 0 Å². The third kappa shape index (κ3) is 25.8. The Labute approximate surface area is 149 Å². The minimum Gasteiger partial charge on any atom is -0.481 e. The van der Waals surface area contributed by atoms with Crippen LogP contribution in [0.4, 0.5) is 0 Å². The second kappa shape index (κ2) is 11.1. The van der Waals surface area contributed by atoms with E-state index in [0.29, 0.717) is 0 Å². The number of aliphatic hydroxyl groups is 2. The molecule has 0 heterocycles. The Bertz CT molecular complexity index is 396. The molecule has 0 saturated carbocycles. The summed E-state index contributed by atoms with van der Waals surface area (Å²) in [6.07, 6.45) is 2.09. The number of rotatable bonds is 4. The number of allylic oxidation sites excluding steroid dienone is 2. The molecular formula is C16H28CuO6. The summed E-state index contributed by atoms with van der Waals surface area (Å²) in [4.78, 5) is 20.8. The molecule has 2 N–H and O–H groups in total. The van der Waals surface area contributed by atoms with Gasteiger partial charge < -0.3 is 19.7 Å². The van der Waals surface area contributed by atoms with Crippen LogP contribution >= 0.6 is 0 Å². The second-order valence-corrected chi connectivity index (χ2v) is 6.62. The fraction of sp³-hybridized carbons (Fsp3) is 0.625. The molecule has 139 valence electrons. The molecule has 0 aliphatic heterocycles. The molecule has 1 radical (unpaired) electrons. The first-order valence-electron chi connectivity index (χ1n) is 6.83. The third-order valence-corrected chi connectivity index (χ3v) is 1.47. The zero-order chi connectivity index (χ0) is 18.1. The van der Waals surface area contributed by atoms with Gasteiger partial charge in [0.15, 0.2) is 11.6 Å². The van der Waals surface area contributed by atoms with Crippen LogP contribution in [0.5, 0.6) is 0 Å². The summed E-state index contributed by atoms with van der Waals surface area (Å²) in [6.45, 7) is 13.4. The fourth-order valence-corrected chi connectivity index (χ4v) is 1.03. The molecule has 0 fully saturated rings. The maximum Gasteiger partial charge on any atom is 0.280 e. The topological polar surface area (TPSA) is 93.1 Å². The molecule has 0 aliphatic rings. The van der Waals surface area contributed by atoms with Gasteiger partial charge in [-0.1, -0.05) is 0 Å². The minimum atomic E-state index is -0.462. The van der Waals surface area contributed by atoms with Crippen molar-refractivity contribution in [3.8, 4) is 0 Å². The number of hydrogen-bond acceptors (Lipinski definition) is 6. The van der Waals surface area contributed by atoms with Gasteiger partial charge in [-0.15, -0.1) is 0 Å². The van der Waals surface area contributed by atoms with Crippen LogP contribution in [0.25, 0.3) is 0 Å². The molecule has 23 heavy (non-hydrogen) atoms. The van der Waals surface area contributed by atoms with Crippen molar-refractivity contribution < 1.29 is 46.3 Å².